The monoisotopic (exact) mass is 452 g/mol. The number of ether oxygens (including phenoxy) is 2. The number of rotatable bonds is 9. The van der Waals surface area contributed by atoms with Crippen LogP contribution in [0.5, 0.6) is 5.75 Å². The Labute approximate surface area is 193 Å². The van der Waals surface area contributed by atoms with Gasteiger partial charge in [-0.1, -0.05) is 36.4 Å². The van der Waals surface area contributed by atoms with Crippen LogP contribution in [0.2, 0.25) is 0 Å². The summed E-state index contributed by atoms with van der Waals surface area (Å²) in [4.78, 5) is 2.42. The Bertz CT molecular complexity index is 958. The quantitative estimate of drug-likeness (QED) is 0.340. The molecule has 0 aliphatic carbocycles. The molecule has 3 aromatic carbocycles. The lowest BCUT2D eigenvalue weighted by Crippen LogP contribution is -2.38. The highest BCUT2D eigenvalue weighted by atomic mass is 19.1. The first kappa shape index (κ1) is 23.2. The number of halogens is 2. The van der Waals surface area contributed by atoms with Gasteiger partial charge in [0.25, 0.3) is 0 Å². The molecule has 3 aromatic rings. The predicted octanol–water partition coefficient (Wildman–Crippen LogP) is 5.59. The molecule has 2 N–H and O–H groups in total. The van der Waals surface area contributed by atoms with Crippen LogP contribution in [0.25, 0.3) is 0 Å². The minimum atomic E-state index is -0.354. The molecule has 33 heavy (non-hydrogen) atoms. The summed E-state index contributed by atoms with van der Waals surface area (Å²) in [7, 11) is 0. The molecule has 1 aliphatic heterocycles. The summed E-state index contributed by atoms with van der Waals surface area (Å²) in [5.41, 5.74) is 8.30. The molecule has 0 unspecified atom stereocenters. The molecule has 6 heteroatoms. The van der Waals surface area contributed by atoms with Gasteiger partial charge >= 0.3 is 0 Å². The van der Waals surface area contributed by atoms with Crippen LogP contribution in [0.15, 0.2) is 72.8 Å². The zero-order chi connectivity index (χ0) is 23.0. The van der Waals surface area contributed by atoms with Crippen molar-refractivity contribution >= 4 is 5.69 Å². The van der Waals surface area contributed by atoms with Crippen molar-refractivity contribution < 1.29 is 18.3 Å². The second-order valence-electron chi connectivity index (χ2n) is 8.40. The number of piperidine rings is 1. The van der Waals surface area contributed by atoms with Crippen molar-refractivity contribution in [1.29, 1.82) is 0 Å². The number of hydrogen-bond donors (Lipinski definition) is 1. The molecule has 0 bridgehead atoms. The fourth-order valence-electron chi connectivity index (χ4n) is 4.17. The molecule has 4 rings (SSSR count). The lowest BCUT2D eigenvalue weighted by Gasteiger charge is -2.34. The Morgan fingerprint density at radius 2 is 1.42 bits per heavy atom. The first-order valence-corrected chi connectivity index (χ1v) is 11.4. The minimum absolute atomic E-state index is 0.0849. The molecule has 0 amide bonds. The van der Waals surface area contributed by atoms with Crippen molar-refractivity contribution in [2.24, 2.45) is 0 Å². The van der Waals surface area contributed by atoms with Crippen LogP contribution < -0.4 is 10.5 Å². The van der Waals surface area contributed by atoms with Gasteiger partial charge in [-0.25, -0.2) is 8.78 Å². The number of para-hydroxylation sites is 2. The maximum Gasteiger partial charge on any atom is 0.142 e. The van der Waals surface area contributed by atoms with E-state index in [9.17, 15) is 8.78 Å². The molecule has 1 aliphatic rings. The highest BCUT2D eigenvalue weighted by Crippen LogP contribution is 2.30. The van der Waals surface area contributed by atoms with Crippen molar-refractivity contribution in [1.82, 2.24) is 4.90 Å². The van der Waals surface area contributed by atoms with Crippen LogP contribution in [0, 0.1) is 11.6 Å². The van der Waals surface area contributed by atoms with E-state index in [-0.39, 0.29) is 23.8 Å². The summed E-state index contributed by atoms with van der Waals surface area (Å²) < 4.78 is 39.1. The Kier molecular flexibility index (Phi) is 7.92. The van der Waals surface area contributed by atoms with Gasteiger partial charge in [-0.05, 0) is 66.8 Å². The topological polar surface area (TPSA) is 47.7 Å². The van der Waals surface area contributed by atoms with Crippen LogP contribution in [0.3, 0.4) is 0 Å². The summed E-state index contributed by atoms with van der Waals surface area (Å²) in [6.07, 6.45) is 2.47. The fourth-order valence-corrected chi connectivity index (χ4v) is 4.17. The maximum atomic E-state index is 13.4. The third-order valence-electron chi connectivity index (χ3n) is 6.00. The average molecular weight is 453 g/mol. The minimum Gasteiger partial charge on any atom is -0.491 e. The molecule has 0 radical (unpaired) electrons. The number of benzene rings is 3. The van der Waals surface area contributed by atoms with Crippen molar-refractivity contribution in [3.63, 3.8) is 0 Å². The SMILES string of the molecule is Nc1ccccc1OCCCN1CCC(OC(c2ccc(F)cc2)c2ccc(F)cc2)CC1. The number of nitrogen functional groups attached to an aromatic ring is 1. The molecule has 1 saturated heterocycles. The molecule has 0 spiro atoms. The molecule has 0 atom stereocenters. The van der Waals surface area contributed by atoms with Crippen LogP contribution in [0.1, 0.15) is 36.5 Å². The van der Waals surface area contributed by atoms with E-state index < -0.39 is 0 Å². The van der Waals surface area contributed by atoms with Crippen molar-refractivity contribution in [3.05, 3.63) is 95.6 Å². The van der Waals surface area contributed by atoms with Gasteiger partial charge in [-0.15, -0.1) is 0 Å². The third kappa shape index (κ3) is 6.53. The first-order valence-electron chi connectivity index (χ1n) is 11.4. The average Bonchev–Trinajstić information content (AvgIpc) is 2.83. The van der Waals surface area contributed by atoms with Gasteiger partial charge in [0.1, 0.15) is 23.5 Å². The van der Waals surface area contributed by atoms with Crippen LogP contribution in [-0.4, -0.2) is 37.2 Å². The highest BCUT2D eigenvalue weighted by Gasteiger charge is 2.25. The van der Waals surface area contributed by atoms with Gasteiger partial charge in [0.2, 0.25) is 0 Å². The van der Waals surface area contributed by atoms with E-state index in [1.165, 1.54) is 24.3 Å². The molecule has 174 valence electrons. The van der Waals surface area contributed by atoms with Gasteiger partial charge in [0.05, 0.1) is 18.4 Å². The fraction of sp³-hybridized carbons (Fsp3) is 0.333. The van der Waals surface area contributed by atoms with Crippen molar-refractivity contribution in [2.45, 2.75) is 31.5 Å². The zero-order valence-corrected chi connectivity index (χ0v) is 18.6. The first-order chi connectivity index (χ1) is 16.1. The zero-order valence-electron chi connectivity index (χ0n) is 18.6. The van der Waals surface area contributed by atoms with Gasteiger partial charge in [0.15, 0.2) is 0 Å². The normalized spacial score (nSPS) is 15.1. The predicted molar refractivity (Wildman–Crippen MR) is 126 cm³/mol. The van der Waals surface area contributed by atoms with E-state index in [2.05, 4.69) is 4.90 Å². The molecule has 4 nitrogen and oxygen atoms in total. The molecule has 1 heterocycles. The maximum absolute atomic E-state index is 13.4. The van der Waals surface area contributed by atoms with Crippen LogP contribution in [0.4, 0.5) is 14.5 Å². The molecule has 1 fully saturated rings. The molecule has 0 aromatic heterocycles. The van der Waals surface area contributed by atoms with E-state index in [0.29, 0.717) is 12.3 Å². The van der Waals surface area contributed by atoms with Gasteiger partial charge in [0, 0.05) is 19.6 Å². The smallest absolute Gasteiger partial charge is 0.142 e. The summed E-state index contributed by atoms with van der Waals surface area (Å²) in [6, 6.07) is 20.2. The van der Waals surface area contributed by atoms with E-state index in [1.54, 1.807) is 24.3 Å². The summed E-state index contributed by atoms with van der Waals surface area (Å²) >= 11 is 0. The van der Waals surface area contributed by atoms with E-state index >= 15 is 0 Å². The number of nitrogens with two attached hydrogens (primary N) is 1. The molecule has 0 saturated carbocycles. The lowest BCUT2D eigenvalue weighted by molar-refractivity contribution is -0.0273. The number of nitrogens with zero attached hydrogens (tertiary/aromatic N) is 1. The highest BCUT2D eigenvalue weighted by molar-refractivity contribution is 5.51. The standard InChI is InChI=1S/C27H30F2N2O2/c28-22-10-6-20(7-11-22)27(21-8-12-23(29)13-9-21)33-24-14-17-31(18-15-24)16-3-19-32-26-5-2-1-4-25(26)30/h1-2,4-13,24,27H,3,14-19,30H2. The summed E-state index contributed by atoms with van der Waals surface area (Å²) in [5, 5.41) is 0. The lowest BCUT2D eigenvalue weighted by atomic mass is 10.00. The largest absolute Gasteiger partial charge is 0.491 e. The Morgan fingerprint density at radius 3 is 2.00 bits per heavy atom. The number of likely N-dealkylation sites (tertiary alicyclic amines) is 1. The number of hydrogen-bond acceptors (Lipinski definition) is 4. The summed E-state index contributed by atoms with van der Waals surface area (Å²) in [6.45, 7) is 3.47. The van der Waals surface area contributed by atoms with Crippen molar-refractivity contribution in [2.75, 3.05) is 32.0 Å². The van der Waals surface area contributed by atoms with E-state index in [0.717, 1.165) is 55.8 Å². The van der Waals surface area contributed by atoms with Gasteiger partial charge in [-0.3, -0.25) is 0 Å². The van der Waals surface area contributed by atoms with Crippen molar-refractivity contribution in [3.8, 4) is 5.75 Å². The second-order valence-corrected chi connectivity index (χ2v) is 8.40. The van der Waals surface area contributed by atoms with Crippen LogP contribution >= 0.6 is 0 Å². The Morgan fingerprint density at radius 1 is 0.848 bits per heavy atom. The van der Waals surface area contributed by atoms with Gasteiger partial charge < -0.3 is 20.1 Å². The second kappa shape index (κ2) is 11.3. The van der Waals surface area contributed by atoms with E-state index in [4.69, 9.17) is 15.2 Å². The Balaban J connectivity index is 1.28. The van der Waals surface area contributed by atoms with Crippen LogP contribution in [-0.2, 0) is 4.74 Å². The van der Waals surface area contributed by atoms with E-state index in [1.807, 2.05) is 24.3 Å². The Hall–Kier alpha value is -2.96. The molecular weight excluding hydrogens is 422 g/mol. The number of anilines is 1. The van der Waals surface area contributed by atoms with Gasteiger partial charge in [-0.2, -0.15) is 0 Å². The summed E-state index contributed by atoms with van der Waals surface area (Å²) in [5.74, 6) is 0.157. The third-order valence-corrected chi connectivity index (χ3v) is 6.00. The molecular formula is C27H30F2N2O2.